The highest BCUT2D eigenvalue weighted by atomic mass is 32.2. The number of hydrogen-bond donors (Lipinski definition) is 1. The molecule has 1 aliphatic rings. The van der Waals surface area contributed by atoms with E-state index in [9.17, 15) is 13.2 Å². The van der Waals surface area contributed by atoms with E-state index in [4.69, 9.17) is 0 Å². The molecular weight excluding hydrogens is 296 g/mol. The molecule has 112 valence electrons. The zero-order valence-corrected chi connectivity index (χ0v) is 13.4. The predicted octanol–water partition coefficient (Wildman–Crippen LogP) is 1.74. The average Bonchev–Trinajstić information content (AvgIpc) is 2.86. The molecular formula is C13H20N2O3S2. The highest BCUT2D eigenvalue weighted by Crippen LogP contribution is 2.26. The van der Waals surface area contributed by atoms with Crippen LogP contribution in [0, 0.1) is 6.92 Å². The Morgan fingerprint density at radius 2 is 2.05 bits per heavy atom. The molecule has 1 aromatic heterocycles. The molecule has 1 saturated heterocycles. The van der Waals surface area contributed by atoms with Gasteiger partial charge in [0, 0.05) is 30.4 Å². The van der Waals surface area contributed by atoms with Crippen molar-refractivity contribution in [2.75, 3.05) is 13.1 Å². The van der Waals surface area contributed by atoms with Gasteiger partial charge in [-0.2, -0.15) is 4.31 Å². The van der Waals surface area contributed by atoms with Crippen molar-refractivity contribution >= 4 is 27.3 Å². The molecule has 2 rings (SSSR count). The van der Waals surface area contributed by atoms with E-state index < -0.39 is 10.0 Å². The third-order valence-corrected chi connectivity index (χ3v) is 6.82. The summed E-state index contributed by atoms with van der Waals surface area (Å²) >= 11 is 1.30. The lowest BCUT2D eigenvalue weighted by molar-refractivity contribution is -0.121. The standard InChI is InChI=1S/C13H20N2O3S2/c1-3-12(16)14-11-6-8-15(9-7-11)20(17,18)13-5-4-10(2)19-13/h4-5,11H,3,6-9H2,1-2H3,(H,14,16). The van der Waals surface area contributed by atoms with Crippen LogP contribution in [0.2, 0.25) is 0 Å². The number of nitrogens with zero attached hydrogens (tertiary/aromatic N) is 1. The molecule has 5 nitrogen and oxygen atoms in total. The summed E-state index contributed by atoms with van der Waals surface area (Å²) < 4.78 is 26.8. The number of amides is 1. The molecule has 0 aromatic carbocycles. The number of thiophene rings is 1. The molecule has 1 N–H and O–H groups in total. The van der Waals surface area contributed by atoms with Crippen LogP contribution in [0.3, 0.4) is 0 Å². The summed E-state index contributed by atoms with van der Waals surface area (Å²) in [4.78, 5) is 12.3. The van der Waals surface area contributed by atoms with Gasteiger partial charge in [-0.05, 0) is 31.9 Å². The number of sulfonamides is 1. The third kappa shape index (κ3) is 3.39. The first kappa shape index (κ1) is 15.5. The summed E-state index contributed by atoms with van der Waals surface area (Å²) in [5.74, 6) is 0.0280. The first-order chi connectivity index (χ1) is 9.43. The van der Waals surface area contributed by atoms with E-state index in [1.165, 1.54) is 15.6 Å². The molecule has 1 fully saturated rings. The fourth-order valence-electron chi connectivity index (χ4n) is 2.25. The Morgan fingerprint density at radius 1 is 1.40 bits per heavy atom. The molecule has 1 aromatic rings. The van der Waals surface area contributed by atoms with Gasteiger partial charge in [0.25, 0.3) is 10.0 Å². The van der Waals surface area contributed by atoms with Gasteiger partial charge in [-0.15, -0.1) is 11.3 Å². The van der Waals surface area contributed by atoms with Gasteiger partial charge >= 0.3 is 0 Å². The fraction of sp³-hybridized carbons (Fsp3) is 0.615. The minimum Gasteiger partial charge on any atom is -0.353 e. The number of rotatable bonds is 4. The largest absolute Gasteiger partial charge is 0.353 e. The van der Waals surface area contributed by atoms with Crippen molar-refractivity contribution in [3.8, 4) is 0 Å². The number of piperidine rings is 1. The van der Waals surface area contributed by atoms with Crippen molar-refractivity contribution in [1.29, 1.82) is 0 Å². The van der Waals surface area contributed by atoms with Gasteiger partial charge in [0.1, 0.15) is 4.21 Å². The second-order valence-corrected chi connectivity index (χ2v) is 8.42. The first-order valence-electron chi connectivity index (χ1n) is 6.79. The van der Waals surface area contributed by atoms with Crippen molar-refractivity contribution in [2.45, 2.75) is 43.4 Å². The molecule has 0 saturated carbocycles. The topological polar surface area (TPSA) is 66.5 Å². The van der Waals surface area contributed by atoms with E-state index >= 15 is 0 Å². The molecule has 0 bridgehead atoms. The van der Waals surface area contributed by atoms with Gasteiger partial charge in [-0.3, -0.25) is 4.79 Å². The number of carbonyl (C=O) groups is 1. The summed E-state index contributed by atoms with van der Waals surface area (Å²) in [6.45, 7) is 4.64. The van der Waals surface area contributed by atoms with Crippen molar-refractivity contribution < 1.29 is 13.2 Å². The second-order valence-electron chi connectivity index (χ2n) is 4.96. The zero-order valence-electron chi connectivity index (χ0n) is 11.8. The Balaban J connectivity index is 1.98. The molecule has 0 aliphatic carbocycles. The molecule has 2 heterocycles. The minimum absolute atomic E-state index is 0.0280. The van der Waals surface area contributed by atoms with Crippen LogP contribution in [0.25, 0.3) is 0 Å². The van der Waals surface area contributed by atoms with E-state index in [0.29, 0.717) is 36.6 Å². The van der Waals surface area contributed by atoms with Crippen LogP contribution in [-0.4, -0.2) is 37.8 Å². The molecule has 0 radical (unpaired) electrons. The van der Waals surface area contributed by atoms with Crippen LogP contribution < -0.4 is 5.32 Å². The van der Waals surface area contributed by atoms with Crippen LogP contribution >= 0.6 is 11.3 Å². The van der Waals surface area contributed by atoms with Gasteiger partial charge in [0.05, 0.1) is 0 Å². The Morgan fingerprint density at radius 3 is 2.55 bits per heavy atom. The molecule has 1 amide bonds. The van der Waals surface area contributed by atoms with Gasteiger partial charge in [-0.1, -0.05) is 6.92 Å². The van der Waals surface area contributed by atoms with Crippen LogP contribution in [-0.2, 0) is 14.8 Å². The van der Waals surface area contributed by atoms with E-state index in [0.717, 1.165) is 4.88 Å². The molecule has 0 spiro atoms. The summed E-state index contributed by atoms with van der Waals surface area (Å²) in [7, 11) is -3.36. The quantitative estimate of drug-likeness (QED) is 0.920. The lowest BCUT2D eigenvalue weighted by Crippen LogP contribution is -2.46. The van der Waals surface area contributed by atoms with Gasteiger partial charge < -0.3 is 5.32 Å². The molecule has 0 atom stereocenters. The normalized spacial score (nSPS) is 18.1. The Labute approximate surface area is 124 Å². The number of aryl methyl sites for hydroxylation is 1. The van der Waals surface area contributed by atoms with E-state index in [2.05, 4.69) is 5.32 Å². The second kappa shape index (κ2) is 6.24. The van der Waals surface area contributed by atoms with Crippen molar-refractivity contribution in [1.82, 2.24) is 9.62 Å². The van der Waals surface area contributed by atoms with Gasteiger partial charge in [0.2, 0.25) is 5.91 Å². The summed E-state index contributed by atoms with van der Waals surface area (Å²) in [6.07, 6.45) is 1.82. The van der Waals surface area contributed by atoms with E-state index in [-0.39, 0.29) is 11.9 Å². The smallest absolute Gasteiger partial charge is 0.252 e. The number of nitrogens with one attached hydrogen (secondary N) is 1. The van der Waals surface area contributed by atoms with Crippen LogP contribution in [0.15, 0.2) is 16.3 Å². The molecule has 20 heavy (non-hydrogen) atoms. The van der Waals surface area contributed by atoms with Crippen LogP contribution in [0.1, 0.15) is 31.1 Å². The first-order valence-corrected chi connectivity index (χ1v) is 9.05. The maximum atomic E-state index is 12.4. The summed E-state index contributed by atoms with van der Waals surface area (Å²) in [5.41, 5.74) is 0. The maximum Gasteiger partial charge on any atom is 0.252 e. The predicted molar refractivity (Wildman–Crippen MR) is 79.3 cm³/mol. The van der Waals surface area contributed by atoms with Gasteiger partial charge in [0.15, 0.2) is 0 Å². The van der Waals surface area contributed by atoms with Crippen LogP contribution in [0.5, 0.6) is 0 Å². The molecule has 1 aliphatic heterocycles. The molecule has 0 unspecified atom stereocenters. The molecule has 7 heteroatoms. The fourth-order valence-corrected chi connectivity index (χ4v) is 5.16. The van der Waals surface area contributed by atoms with Crippen molar-refractivity contribution in [2.24, 2.45) is 0 Å². The summed E-state index contributed by atoms with van der Waals surface area (Å²) in [5, 5.41) is 2.93. The van der Waals surface area contributed by atoms with Gasteiger partial charge in [-0.25, -0.2) is 8.42 Å². The highest BCUT2D eigenvalue weighted by Gasteiger charge is 2.30. The van der Waals surface area contributed by atoms with E-state index in [1.54, 1.807) is 6.07 Å². The van der Waals surface area contributed by atoms with E-state index in [1.807, 2.05) is 19.9 Å². The lowest BCUT2D eigenvalue weighted by Gasteiger charge is -2.31. The number of carbonyl (C=O) groups excluding carboxylic acids is 1. The average molecular weight is 316 g/mol. The summed E-state index contributed by atoms with van der Waals surface area (Å²) in [6, 6.07) is 3.59. The third-order valence-electron chi connectivity index (χ3n) is 3.45. The SMILES string of the molecule is CCC(=O)NC1CCN(S(=O)(=O)c2ccc(C)s2)CC1. The minimum atomic E-state index is -3.36. The van der Waals surface area contributed by atoms with Crippen LogP contribution in [0.4, 0.5) is 0 Å². The monoisotopic (exact) mass is 316 g/mol. The van der Waals surface area contributed by atoms with Crippen molar-refractivity contribution in [3.05, 3.63) is 17.0 Å². The maximum absolute atomic E-state index is 12.4. The Bertz CT molecular complexity index is 572. The highest BCUT2D eigenvalue weighted by molar-refractivity contribution is 7.91. The Hall–Kier alpha value is -0.920. The lowest BCUT2D eigenvalue weighted by atomic mass is 10.1. The Kier molecular flexibility index (Phi) is 4.82. The number of hydrogen-bond acceptors (Lipinski definition) is 4. The van der Waals surface area contributed by atoms with Crippen molar-refractivity contribution in [3.63, 3.8) is 0 Å². The zero-order chi connectivity index (χ0) is 14.8.